The largest absolute Gasteiger partial charge is 0.494 e. The number of H-pyrrole nitrogens is 1. The van der Waals surface area contributed by atoms with Crippen molar-refractivity contribution >= 4 is 5.91 Å². The summed E-state index contributed by atoms with van der Waals surface area (Å²) in [6.45, 7) is 6.59. The van der Waals surface area contributed by atoms with Crippen LogP contribution in [0, 0.1) is 13.8 Å². The maximum absolute atomic E-state index is 12.2. The molecule has 0 fully saturated rings. The first-order chi connectivity index (χ1) is 11.0. The summed E-state index contributed by atoms with van der Waals surface area (Å²) in [5, 5.41) is 2.78. The van der Waals surface area contributed by atoms with Crippen molar-refractivity contribution in [2.45, 2.75) is 33.7 Å². The number of benzene rings is 1. The molecule has 2 rings (SSSR count). The minimum atomic E-state index is -0.216. The van der Waals surface area contributed by atoms with Gasteiger partial charge in [0.25, 0.3) is 11.5 Å². The molecule has 1 aromatic heterocycles. The first-order valence-corrected chi connectivity index (χ1v) is 7.71. The van der Waals surface area contributed by atoms with Crippen LogP contribution < -0.4 is 15.6 Å². The molecule has 0 unspecified atom stereocenters. The molecule has 0 radical (unpaired) electrons. The Kier molecular flexibility index (Phi) is 5.57. The molecular weight excluding hydrogens is 292 g/mol. The van der Waals surface area contributed by atoms with Crippen molar-refractivity contribution < 1.29 is 9.53 Å². The number of hydrogen-bond donors (Lipinski definition) is 2. The summed E-state index contributed by atoms with van der Waals surface area (Å²) in [4.78, 5) is 26.8. The van der Waals surface area contributed by atoms with Crippen molar-refractivity contribution in [3.05, 3.63) is 63.1 Å². The van der Waals surface area contributed by atoms with Crippen molar-refractivity contribution in [2.24, 2.45) is 0 Å². The summed E-state index contributed by atoms with van der Waals surface area (Å²) < 4.78 is 5.48. The van der Waals surface area contributed by atoms with Crippen LogP contribution in [0.4, 0.5) is 0 Å². The number of aromatic nitrogens is 1. The zero-order valence-corrected chi connectivity index (χ0v) is 13.7. The molecule has 0 spiro atoms. The summed E-state index contributed by atoms with van der Waals surface area (Å²) in [7, 11) is 0. The Morgan fingerprint density at radius 3 is 2.52 bits per heavy atom. The fourth-order valence-electron chi connectivity index (χ4n) is 2.29. The monoisotopic (exact) mass is 314 g/mol. The van der Waals surface area contributed by atoms with Crippen molar-refractivity contribution in [2.75, 3.05) is 6.61 Å². The number of amides is 1. The highest BCUT2D eigenvalue weighted by atomic mass is 16.5. The molecule has 5 nitrogen and oxygen atoms in total. The second-order valence-corrected chi connectivity index (χ2v) is 5.50. The smallest absolute Gasteiger partial charge is 0.253 e. The van der Waals surface area contributed by atoms with Crippen LogP contribution in [0.25, 0.3) is 0 Å². The zero-order valence-electron chi connectivity index (χ0n) is 13.7. The lowest BCUT2D eigenvalue weighted by Crippen LogP contribution is -2.27. The van der Waals surface area contributed by atoms with Crippen LogP contribution >= 0.6 is 0 Å². The summed E-state index contributed by atoms with van der Waals surface area (Å²) in [5.41, 5.74) is 2.63. The van der Waals surface area contributed by atoms with E-state index in [1.54, 1.807) is 24.3 Å². The van der Waals surface area contributed by atoms with E-state index in [9.17, 15) is 9.59 Å². The fraction of sp³-hybridized carbons (Fsp3) is 0.333. The van der Waals surface area contributed by atoms with E-state index in [1.807, 2.05) is 26.8 Å². The Bertz CT molecular complexity index is 733. The summed E-state index contributed by atoms with van der Waals surface area (Å²) in [6.07, 6.45) is 0.937. The van der Waals surface area contributed by atoms with Gasteiger partial charge in [-0.2, -0.15) is 0 Å². The molecule has 0 bridgehead atoms. The van der Waals surface area contributed by atoms with Gasteiger partial charge in [-0.05, 0) is 56.2 Å². The predicted molar refractivity (Wildman–Crippen MR) is 89.9 cm³/mol. The third-order valence-electron chi connectivity index (χ3n) is 3.51. The zero-order chi connectivity index (χ0) is 16.8. The van der Waals surface area contributed by atoms with Gasteiger partial charge >= 0.3 is 0 Å². The number of ether oxygens (including phenoxy) is 1. The van der Waals surface area contributed by atoms with E-state index in [-0.39, 0.29) is 18.0 Å². The normalized spacial score (nSPS) is 10.4. The number of aryl methyl sites for hydroxylation is 2. The number of carbonyl (C=O) groups excluding carboxylic acids is 1. The molecule has 0 atom stereocenters. The van der Waals surface area contributed by atoms with Gasteiger partial charge in [0.15, 0.2) is 0 Å². The molecule has 0 saturated carbocycles. The second-order valence-electron chi connectivity index (χ2n) is 5.50. The highest BCUT2D eigenvalue weighted by Crippen LogP contribution is 2.12. The van der Waals surface area contributed by atoms with E-state index in [0.717, 1.165) is 23.4 Å². The molecule has 1 heterocycles. The third kappa shape index (κ3) is 4.45. The number of rotatable bonds is 6. The Hall–Kier alpha value is -2.56. The van der Waals surface area contributed by atoms with Crippen LogP contribution in [0.15, 0.2) is 35.1 Å². The van der Waals surface area contributed by atoms with Crippen molar-refractivity contribution in [3.8, 4) is 5.75 Å². The first kappa shape index (κ1) is 16.8. The lowest BCUT2D eigenvalue weighted by atomic mass is 10.1. The molecule has 0 saturated heterocycles. The molecule has 2 N–H and O–H groups in total. The SMILES string of the molecule is CCCOc1ccc(C(=O)NCc2c(C)cc(C)[nH]c2=O)cc1. The molecule has 0 aliphatic carbocycles. The van der Waals surface area contributed by atoms with Crippen LogP contribution in [0.2, 0.25) is 0 Å². The van der Waals surface area contributed by atoms with Gasteiger partial charge in [0.2, 0.25) is 0 Å². The van der Waals surface area contributed by atoms with Gasteiger partial charge in [0.1, 0.15) is 5.75 Å². The lowest BCUT2D eigenvalue weighted by Gasteiger charge is -2.09. The third-order valence-corrected chi connectivity index (χ3v) is 3.51. The average Bonchev–Trinajstić information content (AvgIpc) is 2.52. The summed E-state index contributed by atoms with van der Waals surface area (Å²) in [5.74, 6) is 0.528. The van der Waals surface area contributed by atoms with E-state index in [1.165, 1.54) is 0 Å². The standard InChI is InChI=1S/C18H22N2O3/c1-4-9-23-15-7-5-14(6-8-15)17(21)19-11-16-12(2)10-13(3)20-18(16)22/h5-8,10H,4,9,11H2,1-3H3,(H,19,21)(H,20,22). The predicted octanol–water partition coefficient (Wildman–Crippen LogP) is 2.71. The van der Waals surface area contributed by atoms with E-state index in [4.69, 9.17) is 4.74 Å². The van der Waals surface area contributed by atoms with Crippen LogP contribution in [0.3, 0.4) is 0 Å². The maximum atomic E-state index is 12.2. The topological polar surface area (TPSA) is 71.2 Å². The number of carbonyl (C=O) groups is 1. The van der Waals surface area contributed by atoms with Gasteiger partial charge in [-0.15, -0.1) is 0 Å². The van der Waals surface area contributed by atoms with Crippen molar-refractivity contribution in [3.63, 3.8) is 0 Å². The number of hydrogen-bond acceptors (Lipinski definition) is 3. The van der Waals surface area contributed by atoms with Crippen molar-refractivity contribution in [1.82, 2.24) is 10.3 Å². The minimum Gasteiger partial charge on any atom is -0.494 e. The quantitative estimate of drug-likeness (QED) is 0.861. The number of aromatic amines is 1. The molecule has 122 valence electrons. The Morgan fingerprint density at radius 1 is 1.22 bits per heavy atom. The van der Waals surface area contributed by atoms with Gasteiger partial charge in [-0.3, -0.25) is 9.59 Å². The fourth-order valence-corrected chi connectivity index (χ4v) is 2.29. The molecular formula is C18H22N2O3. The summed E-state index contributed by atoms with van der Waals surface area (Å²) >= 11 is 0. The van der Waals surface area contributed by atoms with Gasteiger partial charge in [0, 0.05) is 23.4 Å². The molecule has 5 heteroatoms. The van der Waals surface area contributed by atoms with Gasteiger partial charge in [0.05, 0.1) is 6.61 Å². The van der Waals surface area contributed by atoms with Gasteiger partial charge in [-0.25, -0.2) is 0 Å². The number of pyridine rings is 1. The second kappa shape index (κ2) is 7.63. The van der Waals surface area contributed by atoms with E-state index in [0.29, 0.717) is 17.7 Å². The Labute approximate surface area is 135 Å². The van der Waals surface area contributed by atoms with Crippen molar-refractivity contribution in [1.29, 1.82) is 0 Å². The average molecular weight is 314 g/mol. The Balaban J connectivity index is 2.01. The van der Waals surface area contributed by atoms with Gasteiger partial charge < -0.3 is 15.0 Å². The van der Waals surface area contributed by atoms with Gasteiger partial charge in [-0.1, -0.05) is 6.92 Å². The van der Waals surface area contributed by atoms with Crippen LogP contribution in [-0.4, -0.2) is 17.5 Å². The first-order valence-electron chi connectivity index (χ1n) is 7.71. The molecule has 2 aromatic rings. The summed E-state index contributed by atoms with van der Waals surface area (Å²) in [6, 6.07) is 8.87. The molecule has 0 aliphatic heterocycles. The molecule has 1 amide bonds. The molecule has 0 aliphatic rings. The maximum Gasteiger partial charge on any atom is 0.253 e. The van der Waals surface area contributed by atoms with E-state index in [2.05, 4.69) is 10.3 Å². The lowest BCUT2D eigenvalue weighted by molar-refractivity contribution is 0.0950. The minimum absolute atomic E-state index is 0.161. The number of nitrogens with one attached hydrogen (secondary N) is 2. The van der Waals surface area contributed by atoms with E-state index < -0.39 is 0 Å². The molecule has 23 heavy (non-hydrogen) atoms. The van der Waals surface area contributed by atoms with Crippen LogP contribution in [-0.2, 0) is 6.54 Å². The highest BCUT2D eigenvalue weighted by Gasteiger charge is 2.09. The highest BCUT2D eigenvalue weighted by molar-refractivity contribution is 5.94. The Morgan fingerprint density at radius 2 is 1.91 bits per heavy atom. The molecule has 1 aromatic carbocycles. The van der Waals surface area contributed by atoms with E-state index >= 15 is 0 Å². The van der Waals surface area contributed by atoms with Crippen LogP contribution in [0.5, 0.6) is 5.75 Å². The van der Waals surface area contributed by atoms with Crippen LogP contribution in [0.1, 0.15) is 40.5 Å².